The van der Waals surface area contributed by atoms with E-state index in [1.165, 1.54) is 22.3 Å². The lowest BCUT2D eigenvalue weighted by Crippen LogP contribution is -2.14. The number of nitrogens with one attached hydrogen (secondary N) is 1. The molecule has 2 aromatic heterocycles. The second-order valence-corrected chi connectivity index (χ2v) is 4.83. The first-order chi connectivity index (χ1) is 6.84. The van der Waals surface area contributed by atoms with Crippen molar-refractivity contribution in [2.24, 2.45) is 5.73 Å². The van der Waals surface area contributed by atoms with Gasteiger partial charge in [-0.2, -0.15) is 4.37 Å². The van der Waals surface area contributed by atoms with E-state index in [2.05, 4.69) is 15.4 Å². The van der Waals surface area contributed by atoms with Gasteiger partial charge >= 0.3 is 0 Å². The molecule has 3 nitrogen and oxygen atoms in total. The van der Waals surface area contributed by atoms with Crippen LogP contribution in [0.2, 0.25) is 0 Å². The molecule has 3 rings (SSSR count). The highest BCUT2D eigenvalue weighted by molar-refractivity contribution is 7.13. The van der Waals surface area contributed by atoms with Crippen LogP contribution in [-0.2, 0) is 0 Å². The first-order valence-electron chi connectivity index (χ1n) is 5.03. The van der Waals surface area contributed by atoms with Gasteiger partial charge in [0.2, 0.25) is 0 Å². The summed E-state index contributed by atoms with van der Waals surface area (Å²) in [4.78, 5) is 4.39. The Morgan fingerprint density at radius 2 is 2.43 bits per heavy atom. The van der Waals surface area contributed by atoms with Crippen LogP contribution in [0.3, 0.4) is 0 Å². The molecule has 1 saturated carbocycles. The van der Waals surface area contributed by atoms with E-state index in [1.54, 1.807) is 11.5 Å². The van der Waals surface area contributed by atoms with Crippen LogP contribution in [0.4, 0.5) is 0 Å². The first-order valence-corrected chi connectivity index (χ1v) is 5.80. The molecule has 1 aliphatic rings. The van der Waals surface area contributed by atoms with Gasteiger partial charge in [0, 0.05) is 23.5 Å². The number of aromatic amines is 1. The van der Waals surface area contributed by atoms with Crippen molar-refractivity contribution in [2.75, 3.05) is 0 Å². The molecule has 0 bridgehead atoms. The summed E-state index contributed by atoms with van der Waals surface area (Å²) in [5, 5.41) is 1.30. The van der Waals surface area contributed by atoms with Crippen LogP contribution >= 0.6 is 11.5 Å². The van der Waals surface area contributed by atoms with Crippen LogP contribution < -0.4 is 5.73 Å². The second-order valence-electron chi connectivity index (χ2n) is 4.06. The number of hydrogen-bond donors (Lipinski definition) is 2. The lowest BCUT2D eigenvalue weighted by molar-refractivity contribution is 0.670. The van der Waals surface area contributed by atoms with Gasteiger partial charge in [-0.3, -0.25) is 0 Å². The topological polar surface area (TPSA) is 54.7 Å². The standard InChI is InChI=1S/C10H13N3S/c11-7-2-1-6(5-7)9-8-3-4-12-10(8)14-13-9/h3-4,6-7,12H,1-2,5,11H2. The molecule has 0 aromatic carbocycles. The number of nitrogens with two attached hydrogens (primary N) is 1. The molecule has 2 heterocycles. The molecule has 0 amide bonds. The number of H-pyrrole nitrogens is 1. The van der Waals surface area contributed by atoms with E-state index >= 15 is 0 Å². The smallest absolute Gasteiger partial charge is 0.121 e. The fraction of sp³-hybridized carbons (Fsp3) is 0.500. The van der Waals surface area contributed by atoms with Crippen LogP contribution in [-0.4, -0.2) is 15.4 Å². The SMILES string of the molecule is NC1CCC(c2nsc3[nH]ccc23)C1. The number of nitrogens with zero attached hydrogens (tertiary/aromatic N) is 1. The van der Waals surface area contributed by atoms with Crippen molar-refractivity contribution in [1.29, 1.82) is 0 Å². The summed E-state index contributed by atoms with van der Waals surface area (Å²) >= 11 is 1.56. The largest absolute Gasteiger partial charge is 0.352 e. The molecule has 0 aliphatic heterocycles. The van der Waals surface area contributed by atoms with Gasteiger partial charge in [-0.25, -0.2) is 0 Å². The van der Waals surface area contributed by atoms with Crippen LogP contribution in [0.25, 0.3) is 10.2 Å². The molecule has 1 fully saturated rings. The molecule has 2 aromatic rings. The first kappa shape index (κ1) is 8.44. The van der Waals surface area contributed by atoms with Gasteiger partial charge < -0.3 is 10.7 Å². The summed E-state index contributed by atoms with van der Waals surface area (Å²) in [6, 6.07) is 2.51. The summed E-state index contributed by atoms with van der Waals surface area (Å²) in [7, 11) is 0. The highest BCUT2D eigenvalue weighted by atomic mass is 32.1. The highest BCUT2D eigenvalue weighted by Gasteiger charge is 2.26. The Balaban J connectivity index is 2.01. The van der Waals surface area contributed by atoms with Crippen molar-refractivity contribution in [1.82, 2.24) is 9.36 Å². The average Bonchev–Trinajstić information content (AvgIpc) is 2.77. The molecule has 14 heavy (non-hydrogen) atoms. The molecular formula is C10H13N3S. The number of rotatable bonds is 1. The third-order valence-corrected chi connectivity index (χ3v) is 3.89. The Hall–Kier alpha value is -0.870. The molecule has 2 unspecified atom stereocenters. The van der Waals surface area contributed by atoms with E-state index in [1.807, 2.05) is 6.20 Å². The van der Waals surface area contributed by atoms with Gasteiger partial charge in [-0.05, 0) is 36.9 Å². The van der Waals surface area contributed by atoms with Gasteiger partial charge in [0.25, 0.3) is 0 Å². The van der Waals surface area contributed by atoms with Gasteiger partial charge in [0.05, 0.1) is 5.69 Å². The molecule has 1 aliphatic carbocycles. The molecule has 3 N–H and O–H groups in total. The summed E-state index contributed by atoms with van der Waals surface area (Å²) in [6.45, 7) is 0. The monoisotopic (exact) mass is 207 g/mol. The van der Waals surface area contributed by atoms with E-state index in [0.717, 1.165) is 12.8 Å². The Morgan fingerprint density at radius 1 is 1.50 bits per heavy atom. The van der Waals surface area contributed by atoms with Crippen molar-refractivity contribution in [2.45, 2.75) is 31.2 Å². The summed E-state index contributed by atoms with van der Waals surface area (Å²) in [6.07, 6.45) is 5.44. The summed E-state index contributed by atoms with van der Waals surface area (Å²) in [5.74, 6) is 0.592. The third kappa shape index (κ3) is 1.18. The zero-order valence-corrected chi connectivity index (χ0v) is 8.68. The van der Waals surface area contributed by atoms with Gasteiger partial charge in [-0.1, -0.05) is 0 Å². The van der Waals surface area contributed by atoms with Gasteiger partial charge in [0.15, 0.2) is 0 Å². The molecular weight excluding hydrogens is 194 g/mol. The van der Waals surface area contributed by atoms with E-state index in [0.29, 0.717) is 12.0 Å². The Kier molecular flexibility index (Phi) is 1.85. The lowest BCUT2D eigenvalue weighted by Gasteiger charge is -2.05. The van der Waals surface area contributed by atoms with Crippen LogP contribution in [0.5, 0.6) is 0 Å². The minimum absolute atomic E-state index is 0.385. The van der Waals surface area contributed by atoms with Gasteiger partial charge in [0.1, 0.15) is 4.83 Å². The Morgan fingerprint density at radius 3 is 3.21 bits per heavy atom. The zero-order chi connectivity index (χ0) is 9.54. The van der Waals surface area contributed by atoms with Crippen molar-refractivity contribution < 1.29 is 0 Å². The normalized spacial score (nSPS) is 27.5. The fourth-order valence-corrected chi connectivity index (χ4v) is 3.16. The molecule has 0 radical (unpaired) electrons. The van der Waals surface area contributed by atoms with Crippen molar-refractivity contribution in [3.63, 3.8) is 0 Å². The van der Waals surface area contributed by atoms with Crippen molar-refractivity contribution in [3.05, 3.63) is 18.0 Å². The number of fused-ring (bicyclic) bond motifs is 1. The minimum Gasteiger partial charge on any atom is -0.352 e. The maximum absolute atomic E-state index is 5.92. The summed E-state index contributed by atoms with van der Waals surface area (Å²) in [5.41, 5.74) is 7.18. The van der Waals surface area contributed by atoms with E-state index in [9.17, 15) is 0 Å². The number of hydrogen-bond acceptors (Lipinski definition) is 3. The maximum Gasteiger partial charge on any atom is 0.121 e. The maximum atomic E-state index is 5.92. The van der Waals surface area contributed by atoms with E-state index in [4.69, 9.17) is 5.73 Å². The lowest BCUT2D eigenvalue weighted by atomic mass is 10.0. The third-order valence-electron chi connectivity index (χ3n) is 3.08. The Bertz CT molecular complexity index is 445. The minimum atomic E-state index is 0.385. The van der Waals surface area contributed by atoms with Crippen LogP contribution in [0, 0.1) is 0 Å². The van der Waals surface area contributed by atoms with E-state index < -0.39 is 0 Å². The van der Waals surface area contributed by atoms with Crippen molar-refractivity contribution >= 4 is 21.7 Å². The fourth-order valence-electron chi connectivity index (χ4n) is 2.33. The molecule has 0 spiro atoms. The highest BCUT2D eigenvalue weighted by Crippen LogP contribution is 2.37. The molecule has 4 heteroatoms. The van der Waals surface area contributed by atoms with Crippen LogP contribution in [0.15, 0.2) is 12.3 Å². The molecule has 74 valence electrons. The predicted molar refractivity (Wildman–Crippen MR) is 58.5 cm³/mol. The average molecular weight is 207 g/mol. The quantitative estimate of drug-likeness (QED) is 0.753. The number of aromatic nitrogens is 2. The van der Waals surface area contributed by atoms with Crippen LogP contribution in [0.1, 0.15) is 30.9 Å². The predicted octanol–water partition coefficient (Wildman–Crippen LogP) is 2.22. The molecule has 2 atom stereocenters. The van der Waals surface area contributed by atoms with Crippen molar-refractivity contribution in [3.8, 4) is 0 Å². The van der Waals surface area contributed by atoms with Gasteiger partial charge in [-0.15, -0.1) is 0 Å². The summed E-state index contributed by atoms with van der Waals surface area (Å²) < 4.78 is 4.53. The van der Waals surface area contributed by atoms with E-state index in [-0.39, 0.29) is 0 Å². The zero-order valence-electron chi connectivity index (χ0n) is 7.86. The second kappa shape index (κ2) is 3.07. The Labute approximate surface area is 86.5 Å². The molecule has 0 saturated heterocycles.